The summed E-state index contributed by atoms with van der Waals surface area (Å²) in [6.07, 6.45) is 4.51. The summed E-state index contributed by atoms with van der Waals surface area (Å²) in [6, 6.07) is 6.18. The van der Waals surface area contributed by atoms with Crippen molar-refractivity contribution in [3.63, 3.8) is 0 Å². The van der Waals surface area contributed by atoms with Crippen LogP contribution in [0.5, 0.6) is 0 Å². The molecule has 0 unspecified atom stereocenters. The minimum absolute atomic E-state index is 0.241. The number of carbonyl (C=O) groups is 1. The average Bonchev–Trinajstić information content (AvgIpc) is 2.18. The van der Waals surface area contributed by atoms with Crippen LogP contribution < -0.4 is 0 Å². The van der Waals surface area contributed by atoms with Gasteiger partial charge >= 0.3 is 0 Å². The zero-order chi connectivity index (χ0) is 10.1. The average molecular weight is 186 g/mol. The molecule has 14 heavy (non-hydrogen) atoms. The van der Waals surface area contributed by atoms with Crippen molar-refractivity contribution < 1.29 is 4.79 Å². The van der Waals surface area contributed by atoms with Gasteiger partial charge in [0, 0.05) is 12.0 Å². The smallest absolute Gasteiger partial charge is 0.167 e. The Labute approximate surface area is 84.5 Å². The Balaban J connectivity index is 2.52. The third-order valence-corrected chi connectivity index (χ3v) is 2.65. The van der Waals surface area contributed by atoms with E-state index < -0.39 is 0 Å². The maximum Gasteiger partial charge on any atom is 0.167 e. The molecular formula is C13H14O. The van der Waals surface area contributed by atoms with Crippen LogP contribution in [0.15, 0.2) is 24.3 Å². The molecule has 1 aliphatic carbocycles. The van der Waals surface area contributed by atoms with E-state index in [2.05, 4.69) is 19.9 Å². The first-order valence-corrected chi connectivity index (χ1v) is 5.02. The molecule has 1 aromatic carbocycles. The highest BCUT2D eigenvalue weighted by atomic mass is 16.1. The van der Waals surface area contributed by atoms with E-state index in [9.17, 15) is 4.79 Å². The molecule has 0 amide bonds. The molecule has 0 fully saturated rings. The highest BCUT2D eigenvalue weighted by molar-refractivity contribution is 6.02. The molecular weight excluding hydrogens is 172 g/mol. The summed E-state index contributed by atoms with van der Waals surface area (Å²) >= 11 is 0. The molecule has 0 N–H and O–H groups in total. The second-order valence-electron chi connectivity index (χ2n) is 4.03. The Morgan fingerprint density at radius 1 is 1.29 bits per heavy atom. The lowest BCUT2D eigenvalue weighted by Gasteiger charge is -2.12. The number of Topliss-reactive ketones (excluding diaryl/α,β-unsaturated/α-hetero) is 1. The van der Waals surface area contributed by atoms with Gasteiger partial charge in [0.2, 0.25) is 0 Å². The van der Waals surface area contributed by atoms with E-state index in [0.717, 1.165) is 11.1 Å². The maximum absolute atomic E-state index is 11.6. The van der Waals surface area contributed by atoms with Crippen LogP contribution in [0.4, 0.5) is 0 Å². The molecule has 0 atom stereocenters. The fourth-order valence-electron chi connectivity index (χ4n) is 1.72. The van der Waals surface area contributed by atoms with Gasteiger partial charge in [0.15, 0.2) is 5.78 Å². The standard InChI is InChI=1S/C13H14O/c1-9(2)11-7-6-10-4-3-5-13(14)12(10)8-11/h3-4,6-9H,5H2,1-2H3. The molecule has 0 saturated heterocycles. The minimum Gasteiger partial charge on any atom is -0.294 e. The SMILES string of the molecule is CC(C)c1ccc2c(c1)C(=O)CC=C2. The van der Waals surface area contributed by atoms with Gasteiger partial charge in [0.05, 0.1) is 0 Å². The van der Waals surface area contributed by atoms with E-state index in [-0.39, 0.29) is 5.78 Å². The second-order valence-corrected chi connectivity index (χ2v) is 4.03. The molecule has 2 rings (SSSR count). The predicted molar refractivity (Wildman–Crippen MR) is 58.5 cm³/mol. The minimum atomic E-state index is 0.241. The normalized spacial score (nSPS) is 14.6. The first kappa shape index (κ1) is 9.20. The Kier molecular flexibility index (Phi) is 2.24. The number of allylic oxidation sites excluding steroid dienone is 1. The Morgan fingerprint density at radius 2 is 2.07 bits per heavy atom. The van der Waals surface area contributed by atoms with Crippen LogP contribution in [0.3, 0.4) is 0 Å². The van der Waals surface area contributed by atoms with Gasteiger partial charge in [0.1, 0.15) is 0 Å². The molecule has 0 heterocycles. The fraction of sp³-hybridized carbons (Fsp3) is 0.308. The molecule has 0 bridgehead atoms. The monoisotopic (exact) mass is 186 g/mol. The highest BCUT2D eigenvalue weighted by Gasteiger charge is 2.13. The summed E-state index contributed by atoms with van der Waals surface area (Å²) in [5, 5.41) is 0. The molecule has 0 aromatic heterocycles. The van der Waals surface area contributed by atoms with Crippen LogP contribution in [0.25, 0.3) is 6.08 Å². The summed E-state index contributed by atoms with van der Waals surface area (Å²) in [6.45, 7) is 4.29. The number of hydrogen-bond acceptors (Lipinski definition) is 1. The van der Waals surface area contributed by atoms with Crippen molar-refractivity contribution >= 4 is 11.9 Å². The van der Waals surface area contributed by atoms with Crippen LogP contribution in [-0.2, 0) is 0 Å². The van der Waals surface area contributed by atoms with E-state index in [4.69, 9.17) is 0 Å². The van der Waals surface area contributed by atoms with E-state index in [1.807, 2.05) is 24.3 Å². The van der Waals surface area contributed by atoms with Gasteiger partial charge in [-0.3, -0.25) is 4.79 Å². The third kappa shape index (κ3) is 1.50. The van der Waals surface area contributed by atoms with Crippen molar-refractivity contribution in [2.24, 2.45) is 0 Å². The van der Waals surface area contributed by atoms with Gasteiger partial charge in [-0.05, 0) is 23.1 Å². The van der Waals surface area contributed by atoms with Crippen LogP contribution >= 0.6 is 0 Å². The van der Waals surface area contributed by atoms with E-state index >= 15 is 0 Å². The lowest BCUT2D eigenvalue weighted by Crippen LogP contribution is -2.05. The lowest BCUT2D eigenvalue weighted by molar-refractivity contribution is 0.0994. The fourth-order valence-corrected chi connectivity index (χ4v) is 1.72. The molecule has 0 aliphatic heterocycles. The van der Waals surface area contributed by atoms with Gasteiger partial charge in [-0.2, -0.15) is 0 Å². The number of ketones is 1. The Bertz CT molecular complexity index is 400. The van der Waals surface area contributed by atoms with Crippen LogP contribution in [0.2, 0.25) is 0 Å². The van der Waals surface area contributed by atoms with Crippen LogP contribution in [0.1, 0.15) is 47.7 Å². The summed E-state index contributed by atoms with van der Waals surface area (Å²) in [5.41, 5.74) is 3.19. The molecule has 0 saturated carbocycles. The van der Waals surface area contributed by atoms with Crippen molar-refractivity contribution in [2.75, 3.05) is 0 Å². The van der Waals surface area contributed by atoms with Crippen LogP contribution in [-0.4, -0.2) is 5.78 Å². The van der Waals surface area contributed by atoms with Gasteiger partial charge in [-0.15, -0.1) is 0 Å². The number of fused-ring (bicyclic) bond motifs is 1. The summed E-state index contributed by atoms with van der Waals surface area (Å²) in [7, 11) is 0. The van der Waals surface area contributed by atoms with Gasteiger partial charge in [0.25, 0.3) is 0 Å². The Morgan fingerprint density at radius 3 is 2.79 bits per heavy atom. The zero-order valence-corrected chi connectivity index (χ0v) is 8.58. The molecule has 72 valence electrons. The molecule has 1 heteroatoms. The number of benzene rings is 1. The summed E-state index contributed by atoms with van der Waals surface area (Å²) in [5.74, 6) is 0.726. The van der Waals surface area contributed by atoms with E-state index in [0.29, 0.717) is 12.3 Å². The quantitative estimate of drug-likeness (QED) is 0.656. The van der Waals surface area contributed by atoms with Gasteiger partial charge < -0.3 is 0 Å². The predicted octanol–water partition coefficient (Wildman–Crippen LogP) is 3.41. The van der Waals surface area contributed by atoms with Gasteiger partial charge in [-0.1, -0.05) is 38.1 Å². The third-order valence-electron chi connectivity index (χ3n) is 2.65. The largest absolute Gasteiger partial charge is 0.294 e. The molecule has 1 aliphatic rings. The second kappa shape index (κ2) is 3.41. The van der Waals surface area contributed by atoms with Crippen molar-refractivity contribution in [3.05, 3.63) is 41.0 Å². The molecule has 1 nitrogen and oxygen atoms in total. The van der Waals surface area contributed by atoms with Crippen molar-refractivity contribution in [2.45, 2.75) is 26.2 Å². The number of carbonyl (C=O) groups excluding carboxylic acids is 1. The molecule has 0 spiro atoms. The van der Waals surface area contributed by atoms with E-state index in [1.165, 1.54) is 5.56 Å². The van der Waals surface area contributed by atoms with E-state index in [1.54, 1.807) is 0 Å². The molecule has 0 radical (unpaired) electrons. The first-order chi connectivity index (χ1) is 6.68. The van der Waals surface area contributed by atoms with Crippen molar-refractivity contribution in [1.29, 1.82) is 0 Å². The topological polar surface area (TPSA) is 17.1 Å². The number of hydrogen-bond donors (Lipinski definition) is 0. The van der Waals surface area contributed by atoms with Crippen molar-refractivity contribution in [3.8, 4) is 0 Å². The Hall–Kier alpha value is -1.37. The van der Waals surface area contributed by atoms with Crippen LogP contribution in [0, 0.1) is 0 Å². The summed E-state index contributed by atoms with van der Waals surface area (Å²) < 4.78 is 0. The molecule has 1 aromatic rings. The zero-order valence-electron chi connectivity index (χ0n) is 8.58. The van der Waals surface area contributed by atoms with Crippen molar-refractivity contribution in [1.82, 2.24) is 0 Å². The summed E-state index contributed by atoms with van der Waals surface area (Å²) in [4.78, 5) is 11.6. The lowest BCUT2D eigenvalue weighted by atomic mass is 9.91. The van der Waals surface area contributed by atoms with Gasteiger partial charge in [-0.25, -0.2) is 0 Å². The highest BCUT2D eigenvalue weighted by Crippen LogP contribution is 2.23. The maximum atomic E-state index is 11.6. The number of rotatable bonds is 1. The first-order valence-electron chi connectivity index (χ1n) is 5.02.